The average molecular weight is 377 g/mol. The van der Waals surface area contributed by atoms with Crippen LogP contribution in [0.3, 0.4) is 0 Å². The first-order valence-electron chi connectivity index (χ1n) is 10.3. The Hall–Kier alpha value is -2.62. The third kappa shape index (κ3) is 3.82. The number of amides is 2. The molecule has 0 radical (unpaired) electrons. The first kappa shape index (κ1) is 18.7. The van der Waals surface area contributed by atoms with E-state index in [1.807, 2.05) is 48.3 Å². The van der Waals surface area contributed by atoms with Gasteiger partial charge in [-0.25, -0.2) is 0 Å². The molecule has 2 aliphatic rings. The van der Waals surface area contributed by atoms with Crippen LogP contribution in [0.25, 0.3) is 0 Å². The minimum Gasteiger partial charge on any atom is -0.338 e. The smallest absolute Gasteiger partial charge is 0.229 e. The fourth-order valence-electron chi connectivity index (χ4n) is 4.58. The van der Waals surface area contributed by atoms with Gasteiger partial charge in [0.15, 0.2) is 0 Å². The lowest BCUT2D eigenvalue weighted by molar-refractivity contribution is -0.139. The highest BCUT2D eigenvalue weighted by molar-refractivity contribution is 5.94. The van der Waals surface area contributed by atoms with Gasteiger partial charge >= 0.3 is 0 Å². The van der Waals surface area contributed by atoms with E-state index in [2.05, 4.69) is 18.2 Å². The van der Waals surface area contributed by atoms with Gasteiger partial charge in [-0.3, -0.25) is 9.59 Å². The van der Waals surface area contributed by atoms with E-state index < -0.39 is 0 Å². The van der Waals surface area contributed by atoms with E-state index in [0.29, 0.717) is 0 Å². The molecule has 0 N–H and O–H groups in total. The van der Waals surface area contributed by atoms with Crippen LogP contribution in [0.15, 0.2) is 54.6 Å². The quantitative estimate of drug-likeness (QED) is 0.811. The van der Waals surface area contributed by atoms with Crippen molar-refractivity contribution in [3.05, 3.63) is 65.7 Å². The Labute approximate surface area is 167 Å². The van der Waals surface area contributed by atoms with Gasteiger partial charge in [-0.05, 0) is 55.4 Å². The van der Waals surface area contributed by atoms with Gasteiger partial charge < -0.3 is 9.80 Å². The molecule has 0 aromatic heterocycles. The van der Waals surface area contributed by atoms with Crippen LogP contribution in [-0.2, 0) is 22.6 Å². The van der Waals surface area contributed by atoms with Gasteiger partial charge in [0.1, 0.15) is 0 Å². The largest absolute Gasteiger partial charge is 0.338 e. The maximum Gasteiger partial charge on any atom is 0.229 e. The molecule has 2 aromatic carbocycles. The molecule has 28 heavy (non-hydrogen) atoms. The van der Waals surface area contributed by atoms with Crippen molar-refractivity contribution in [1.29, 1.82) is 0 Å². The normalized spacial score (nSPS) is 21.7. The van der Waals surface area contributed by atoms with Crippen molar-refractivity contribution in [2.45, 2.75) is 38.6 Å². The van der Waals surface area contributed by atoms with Gasteiger partial charge in [0, 0.05) is 37.7 Å². The van der Waals surface area contributed by atoms with Crippen LogP contribution >= 0.6 is 0 Å². The lowest BCUT2D eigenvalue weighted by atomic mass is 9.80. The zero-order valence-electron chi connectivity index (χ0n) is 16.5. The molecule has 1 aliphatic heterocycles. The standard InChI is InChI=1S/C24H28N2O2/c1-25(22-9-3-2-4-10-22)23(27)19-11-13-20(14-12-19)24(28)26-16-15-18-7-5-6-8-21(18)17-26/h2-10,19-20H,11-17H2,1H3. The van der Waals surface area contributed by atoms with E-state index in [1.54, 1.807) is 4.90 Å². The Bertz CT molecular complexity index is 841. The average Bonchev–Trinajstić information content (AvgIpc) is 2.78. The van der Waals surface area contributed by atoms with Crippen LogP contribution in [0.2, 0.25) is 0 Å². The molecule has 0 spiro atoms. The van der Waals surface area contributed by atoms with Crippen molar-refractivity contribution >= 4 is 17.5 Å². The molecular formula is C24H28N2O2. The molecule has 146 valence electrons. The predicted octanol–water partition coefficient (Wildman–Crippen LogP) is 4.04. The summed E-state index contributed by atoms with van der Waals surface area (Å²) in [5, 5.41) is 0. The fraction of sp³-hybridized carbons (Fsp3) is 0.417. The Morgan fingerprint density at radius 1 is 0.857 bits per heavy atom. The summed E-state index contributed by atoms with van der Waals surface area (Å²) in [6.07, 6.45) is 4.18. The molecule has 2 aromatic rings. The van der Waals surface area contributed by atoms with Crippen LogP contribution < -0.4 is 4.90 Å². The number of anilines is 1. The molecule has 1 saturated carbocycles. The molecule has 1 aliphatic carbocycles. The second-order valence-electron chi connectivity index (χ2n) is 8.06. The van der Waals surface area contributed by atoms with E-state index in [0.717, 1.165) is 50.9 Å². The molecule has 2 amide bonds. The lowest BCUT2D eigenvalue weighted by Gasteiger charge is -2.35. The van der Waals surface area contributed by atoms with Crippen molar-refractivity contribution < 1.29 is 9.59 Å². The highest BCUT2D eigenvalue weighted by Crippen LogP contribution is 2.33. The summed E-state index contributed by atoms with van der Waals surface area (Å²) in [7, 11) is 1.85. The van der Waals surface area contributed by atoms with Crippen molar-refractivity contribution in [1.82, 2.24) is 4.90 Å². The van der Waals surface area contributed by atoms with Crippen LogP contribution in [-0.4, -0.2) is 30.3 Å². The maximum absolute atomic E-state index is 13.0. The van der Waals surface area contributed by atoms with Crippen molar-refractivity contribution in [2.24, 2.45) is 11.8 Å². The van der Waals surface area contributed by atoms with Gasteiger partial charge in [-0.15, -0.1) is 0 Å². The van der Waals surface area contributed by atoms with Gasteiger partial charge in [0.25, 0.3) is 0 Å². The summed E-state index contributed by atoms with van der Waals surface area (Å²) in [5.41, 5.74) is 3.57. The SMILES string of the molecule is CN(C(=O)C1CCC(C(=O)N2CCc3ccccc3C2)CC1)c1ccccc1. The first-order valence-corrected chi connectivity index (χ1v) is 10.3. The zero-order valence-corrected chi connectivity index (χ0v) is 16.5. The van der Waals surface area contributed by atoms with Crippen molar-refractivity contribution in [3.63, 3.8) is 0 Å². The zero-order chi connectivity index (χ0) is 19.5. The highest BCUT2D eigenvalue weighted by atomic mass is 16.2. The fourth-order valence-corrected chi connectivity index (χ4v) is 4.58. The van der Waals surface area contributed by atoms with E-state index >= 15 is 0 Å². The summed E-state index contributed by atoms with van der Waals surface area (Å²) < 4.78 is 0. The third-order valence-corrected chi connectivity index (χ3v) is 6.34. The number of benzene rings is 2. The van der Waals surface area contributed by atoms with E-state index in [4.69, 9.17) is 0 Å². The molecule has 0 unspecified atom stereocenters. The Morgan fingerprint density at radius 2 is 1.46 bits per heavy atom. The number of hydrogen-bond donors (Lipinski definition) is 0. The van der Waals surface area contributed by atoms with E-state index in [9.17, 15) is 9.59 Å². The molecule has 0 saturated heterocycles. The Morgan fingerprint density at radius 3 is 2.18 bits per heavy atom. The van der Waals surface area contributed by atoms with Crippen LogP contribution in [0.1, 0.15) is 36.8 Å². The summed E-state index contributed by atoms with van der Waals surface area (Å²) in [5.74, 6) is 0.536. The number of nitrogens with zero attached hydrogens (tertiary/aromatic N) is 2. The number of rotatable bonds is 3. The third-order valence-electron chi connectivity index (χ3n) is 6.34. The van der Waals surface area contributed by atoms with E-state index in [1.165, 1.54) is 11.1 Å². The first-order chi connectivity index (χ1) is 13.6. The Balaban J connectivity index is 1.33. The van der Waals surface area contributed by atoms with Gasteiger partial charge in [-0.1, -0.05) is 42.5 Å². The van der Waals surface area contributed by atoms with Gasteiger partial charge in [0.05, 0.1) is 0 Å². The van der Waals surface area contributed by atoms with Crippen LogP contribution in [0.5, 0.6) is 0 Å². The molecule has 0 bridgehead atoms. The summed E-state index contributed by atoms with van der Waals surface area (Å²) >= 11 is 0. The molecule has 1 fully saturated rings. The molecule has 4 nitrogen and oxygen atoms in total. The molecule has 4 heteroatoms. The minimum absolute atomic E-state index is 0.0244. The van der Waals surface area contributed by atoms with Crippen molar-refractivity contribution in [3.8, 4) is 0 Å². The summed E-state index contributed by atoms with van der Waals surface area (Å²) in [4.78, 5) is 29.6. The number of para-hydroxylation sites is 1. The van der Waals surface area contributed by atoms with Crippen molar-refractivity contribution in [2.75, 3.05) is 18.5 Å². The number of fused-ring (bicyclic) bond motifs is 1. The van der Waals surface area contributed by atoms with Gasteiger partial charge in [-0.2, -0.15) is 0 Å². The Kier molecular flexibility index (Phi) is 5.47. The minimum atomic E-state index is 0.0244. The monoisotopic (exact) mass is 376 g/mol. The summed E-state index contributed by atoms with van der Waals surface area (Å²) in [6.45, 7) is 1.54. The lowest BCUT2D eigenvalue weighted by Crippen LogP contribution is -2.42. The molecule has 4 rings (SSSR count). The number of carbonyl (C=O) groups is 2. The van der Waals surface area contributed by atoms with Gasteiger partial charge in [0.2, 0.25) is 11.8 Å². The number of hydrogen-bond acceptors (Lipinski definition) is 2. The molecule has 0 atom stereocenters. The van der Waals surface area contributed by atoms with Crippen LogP contribution in [0.4, 0.5) is 5.69 Å². The molecule has 1 heterocycles. The maximum atomic E-state index is 13.0. The summed E-state index contributed by atoms with van der Waals surface area (Å²) in [6, 6.07) is 18.2. The molecular weight excluding hydrogens is 348 g/mol. The topological polar surface area (TPSA) is 40.6 Å². The second kappa shape index (κ2) is 8.17. The number of carbonyl (C=O) groups excluding carboxylic acids is 2. The van der Waals surface area contributed by atoms with Crippen LogP contribution in [0, 0.1) is 11.8 Å². The predicted molar refractivity (Wildman–Crippen MR) is 111 cm³/mol. The highest BCUT2D eigenvalue weighted by Gasteiger charge is 2.34. The van der Waals surface area contributed by atoms with E-state index in [-0.39, 0.29) is 23.7 Å². The second-order valence-corrected chi connectivity index (χ2v) is 8.06.